The van der Waals surface area contributed by atoms with Crippen LogP contribution in [0.2, 0.25) is 0 Å². The van der Waals surface area contributed by atoms with Gasteiger partial charge in [-0.1, -0.05) is 149 Å². The summed E-state index contributed by atoms with van der Waals surface area (Å²) in [6.45, 7) is 8.98. The quantitative estimate of drug-likeness (QED) is 0.113. The van der Waals surface area contributed by atoms with Gasteiger partial charge in [-0.2, -0.15) is 0 Å². The van der Waals surface area contributed by atoms with Crippen molar-refractivity contribution in [3.8, 4) is 0 Å². The Hall–Kier alpha value is -7.50. The van der Waals surface area contributed by atoms with E-state index >= 15 is 0 Å². The van der Waals surface area contributed by atoms with Crippen LogP contribution < -0.4 is 9.80 Å². The SMILES string of the molecule is CC(C)c1ccc(N(c2ccc3ccc4c(N(c5ccc(C(C)C)cc5)c5cccc6c5oc5ccccc56)ccc5ccc2c3c54)c2cccc3c2oc2ccccc23)cc1.[2H][B]. The molecule has 0 spiro atoms. The summed E-state index contributed by atoms with van der Waals surface area (Å²) in [5, 5.41) is 11.6. The highest BCUT2D eigenvalue weighted by atomic mass is 16.3. The first-order valence-electron chi connectivity index (χ1n) is 22.3. The van der Waals surface area contributed by atoms with Crippen LogP contribution in [0, 0.1) is 0 Å². The fourth-order valence-electron chi connectivity index (χ4n) is 9.81. The van der Waals surface area contributed by atoms with E-state index in [0.29, 0.717) is 11.8 Å². The number of hydrogen-bond donors (Lipinski definition) is 0. The fraction of sp³-hybridized carbons (Fsp3) is 0.103. The molecule has 0 aliphatic rings. The van der Waals surface area contributed by atoms with Crippen LogP contribution in [-0.2, 0) is 0 Å². The Balaban J connectivity index is 0.00000225. The molecule has 0 unspecified atom stereocenters. The monoisotopic (exact) mass is 813 g/mol. The highest BCUT2D eigenvalue weighted by Crippen LogP contribution is 2.50. The Morgan fingerprint density at radius 1 is 0.365 bits per heavy atom. The normalized spacial score (nSPS) is 12.1. The summed E-state index contributed by atoms with van der Waals surface area (Å²) in [5.74, 6) is 0.846. The summed E-state index contributed by atoms with van der Waals surface area (Å²) in [4.78, 5) is 4.79. The molecule has 0 atom stereocenters. The first-order chi connectivity index (χ1) is 31.4. The van der Waals surface area contributed by atoms with Crippen molar-refractivity contribution >= 4 is 119 Å². The standard InChI is InChI=1S/C58H44N2O2.BH/c1-35(2)37-19-27-41(28-20-37)59(51-15-9-13-45-43-11-5-7-17-53(43)61-57(45)51)49-33-25-39-24-32-48-50(34-26-40-23-31-47(49)55(39)56(40)48)60(42-29-21-38(22-30-42)36(3)4)52-16-10-14-46-44-12-6-8-18-54(44)62-58(46)52;/h5-36H,1-4H3;1H/i;1D. The molecule has 2 heterocycles. The van der Waals surface area contributed by atoms with E-state index in [1.54, 1.807) is 0 Å². The Morgan fingerprint density at radius 2 is 0.746 bits per heavy atom. The van der Waals surface area contributed by atoms with E-state index in [1.165, 1.54) is 43.4 Å². The first-order valence-corrected chi connectivity index (χ1v) is 21.7. The first kappa shape index (κ1) is 37.3. The van der Waals surface area contributed by atoms with Crippen LogP contribution in [0.1, 0.15) is 50.7 Å². The van der Waals surface area contributed by atoms with Crippen molar-refractivity contribution in [1.29, 1.82) is 1.34 Å². The van der Waals surface area contributed by atoms with Gasteiger partial charge in [-0.25, -0.2) is 0 Å². The van der Waals surface area contributed by atoms with E-state index in [2.05, 4.69) is 216 Å². The van der Waals surface area contributed by atoms with Crippen LogP contribution in [0.15, 0.2) is 191 Å². The average Bonchev–Trinajstić information content (AvgIpc) is 3.92. The molecule has 0 amide bonds. The number of fused-ring (bicyclic) bond motifs is 6. The molecule has 302 valence electrons. The maximum atomic E-state index is 6.74. The van der Waals surface area contributed by atoms with Crippen molar-refractivity contribution in [2.75, 3.05) is 9.80 Å². The third-order valence-electron chi connectivity index (χ3n) is 13.0. The molecule has 0 fully saturated rings. The van der Waals surface area contributed by atoms with Crippen molar-refractivity contribution in [1.82, 2.24) is 0 Å². The molecule has 0 bridgehead atoms. The van der Waals surface area contributed by atoms with Crippen LogP contribution in [0.3, 0.4) is 0 Å². The molecular weight excluding hydrogens is 767 g/mol. The molecule has 2 radical (unpaired) electrons. The zero-order valence-corrected chi connectivity index (χ0v) is 35.8. The Morgan fingerprint density at radius 3 is 1.16 bits per heavy atom. The number of rotatable bonds is 8. The summed E-state index contributed by atoms with van der Waals surface area (Å²) in [6, 6.07) is 66.1. The zero-order valence-electron chi connectivity index (χ0n) is 36.8. The van der Waals surface area contributed by atoms with Gasteiger partial charge in [0.2, 0.25) is 0 Å². The zero-order chi connectivity index (χ0) is 43.6. The van der Waals surface area contributed by atoms with Crippen molar-refractivity contribution in [3.63, 3.8) is 0 Å². The van der Waals surface area contributed by atoms with Gasteiger partial charge in [0.15, 0.2) is 11.2 Å². The number of furan rings is 2. The number of anilines is 6. The van der Waals surface area contributed by atoms with Crippen LogP contribution >= 0.6 is 0 Å². The van der Waals surface area contributed by atoms with Crippen LogP contribution in [0.25, 0.3) is 76.2 Å². The van der Waals surface area contributed by atoms with Crippen LogP contribution in [-0.4, -0.2) is 9.71 Å². The van der Waals surface area contributed by atoms with Gasteiger partial charge in [-0.05, 0) is 107 Å². The second kappa shape index (κ2) is 14.9. The van der Waals surface area contributed by atoms with E-state index < -0.39 is 0 Å². The number of para-hydroxylation sites is 4. The molecule has 10 aromatic carbocycles. The lowest BCUT2D eigenvalue weighted by molar-refractivity contribution is 0.669. The largest absolute Gasteiger partial charge is 0.454 e. The third-order valence-corrected chi connectivity index (χ3v) is 13.0. The maximum absolute atomic E-state index is 6.74. The number of hydrogen-bond acceptors (Lipinski definition) is 4. The van der Waals surface area contributed by atoms with Gasteiger partial charge in [0.25, 0.3) is 0 Å². The second-order valence-electron chi connectivity index (χ2n) is 17.3. The van der Waals surface area contributed by atoms with Gasteiger partial charge in [0.1, 0.15) is 11.2 Å². The van der Waals surface area contributed by atoms with Gasteiger partial charge >= 0.3 is 0 Å². The van der Waals surface area contributed by atoms with Crippen molar-refractivity contribution in [2.45, 2.75) is 39.5 Å². The molecule has 0 saturated heterocycles. The lowest BCUT2D eigenvalue weighted by Crippen LogP contribution is -2.12. The third kappa shape index (κ3) is 5.98. The highest BCUT2D eigenvalue weighted by Gasteiger charge is 2.25. The average molecular weight is 814 g/mol. The minimum absolute atomic E-state index is 0.423. The second-order valence-corrected chi connectivity index (χ2v) is 17.3. The molecule has 0 saturated carbocycles. The predicted octanol–water partition coefficient (Wildman–Crippen LogP) is 16.9. The predicted molar refractivity (Wildman–Crippen MR) is 269 cm³/mol. The fourth-order valence-corrected chi connectivity index (χ4v) is 9.81. The molecule has 5 heteroatoms. The lowest BCUT2D eigenvalue weighted by Gasteiger charge is -2.29. The molecule has 0 aliphatic carbocycles. The van der Waals surface area contributed by atoms with Crippen LogP contribution in [0.4, 0.5) is 34.1 Å². The minimum atomic E-state index is 0.423. The van der Waals surface area contributed by atoms with Gasteiger partial charge in [0.05, 0.1) is 22.7 Å². The highest BCUT2D eigenvalue weighted by molar-refractivity contribution is 6.28. The Bertz CT molecular complexity index is 3420. The molecule has 12 aromatic rings. The molecule has 12 rings (SSSR count). The maximum Gasteiger partial charge on any atom is 0.159 e. The topological polar surface area (TPSA) is 32.8 Å². The molecule has 4 nitrogen and oxygen atoms in total. The van der Waals surface area contributed by atoms with Crippen molar-refractivity contribution in [2.24, 2.45) is 0 Å². The van der Waals surface area contributed by atoms with Gasteiger partial charge in [0, 0.05) is 52.1 Å². The molecular formula is C58H45BN2O2. The Kier molecular flexibility index (Phi) is 8.79. The summed E-state index contributed by atoms with van der Waals surface area (Å²) < 4.78 is 18.7. The Labute approximate surface area is 369 Å². The van der Waals surface area contributed by atoms with E-state index in [1.807, 2.05) is 12.1 Å². The van der Waals surface area contributed by atoms with Crippen molar-refractivity contribution in [3.05, 3.63) is 193 Å². The summed E-state index contributed by atoms with van der Waals surface area (Å²) in [6.07, 6.45) is 0. The smallest absolute Gasteiger partial charge is 0.159 e. The van der Waals surface area contributed by atoms with Crippen LogP contribution in [0.5, 0.6) is 0 Å². The van der Waals surface area contributed by atoms with E-state index in [-0.39, 0.29) is 0 Å². The van der Waals surface area contributed by atoms with E-state index in [0.717, 1.165) is 78.0 Å². The molecule has 0 aliphatic heterocycles. The molecule has 2 aromatic heterocycles. The van der Waals surface area contributed by atoms with Crippen molar-refractivity contribution < 1.29 is 8.83 Å². The van der Waals surface area contributed by atoms with E-state index in [9.17, 15) is 0 Å². The minimum Gasteiger partial charge on any atom is -0.454 e. The molecule has 0 N–H and O–H groups in total. The molecule has 63 heavy (non-hydrogen) atoms. The summed E-state index contributed by atoms with van der Waals surface area (Å²) >= 11 is 0. The number of benzene rings is 10. The van der Waals surface area contributed by atoms with E-state index in [4.69, 9.17) is 10.2 Å². The van der Waals surface area contributed by atoms with Gasteiger partial charge in [-0.3, -0.25) is 0 Å². The lowest BCUT2D eigenvalue weighted by atomic mass is 9.91. The summed E-state index contributed by atoms with van der Waals surface area (Å²) in [5.41, 5.74) is 12.5. The summed E-state index contributed by atoms with van der Waals surface area (Å²) in [7, 11) is 3.75. The number of nitrogens with zero attached hydrogens (tertiary/aromatic N) is 2. The van der Waals surface area contributed by atoms with Gasteiger partial charge < -0.3 is 18.6 Å². The van der Waals surface area contributed by atoms with Gasteiger partial charge in [-0.15, -0.1) is 0 Å².